The highest BCUT2D eigenvalue weighted by Crippen LogP contribution is 2.24. The molecule has 152 valence electrons. The van der Waals surface area contributed by atoms with Crippen LogP contribution in [0.5, 0.6) is 0 Å². The van der Waals surface area contributed by atoms with Crippen LogP contribution in [-0.2, 0) is 16.1 Å². The van der Waals surface area contributed by atoms with E-state index in [4.69, 9.17) is 4.74 Å². The van der Waals surface area contributed by atoms with Crippen LogP contribution in [-0.4, -0.2) is 63.9 Å². The molecule has 2 fully saturated rings. The molecule has 30 heavy (non-hydrogen) atoms. The lowest BCUT2D eigenvalue weighted by atomic mass is 10.1. The Kier molecular flexibility index (Phi) is 4.46. The van der Waals surface area contributed by atoms with Crippen LogP contribution in [0.2, 0.25) is 0 Å². The monoisotopic (exact) mass is 404 g/mol. The molecule has 8 heteroatoms. The molecule has 2 saturated heterocycles. The lowest BCUT2D eigenvalue weighted by Crippen LogP contribution is -2.54. The van der Waals surface area contributed by atoms with Gasteiger partial charge in [0, 0.05) is 30.6 Å². The van der Waals surface area contributed by atoms with Gasteiger partial charge in [-0.1, -0.05) is 48.5 Å². The molecule has 0 bridgehead atoms. The van der Waals surface area contributed by atoms with E-state index in [0.29, 0.717) is 30.7 Å². The maximum absolute atomic E-state index is 13.0. The summed E-state index contributed by atoms with van der Waals surface area (Å²) in [7, 11) is 0. The smallest absolute Gasteiger partial charge is 0.410 e. The third-order valence-corrected chi connectivity index (χ3v) is 5.67. The summed E-state index contributed by atoms with van der Waals surface area (Å²) in [6.45, 7) is 1.39. The van der Waals surface area contributed by atoms with Gasteiger partial charge in [-0.3, -0.25) is 14.5 Å². The van der Waals surface area contributed by atoms with Gasteiger partial charge < -0.3 is 9.64 Å². The lowest BCUT2D eigenvalue weighted by molar-refractivity contribution is -0.134. The van der Waals surface area contributed by atoms with Crippen molar-refractivity contribution in [1.29, 1.82) is 0 Å². The van der Waals surface area contributed by atoms with Gasteiger partial charge in [0.1, 0.15) is 13.2 Å². The van der Waals surface area contributed by atoms with E-state index in [1.54, 1.807) is 21.9 Å². The molecule has 0 saturated carbocycles. The Balaban J connectivity index is 1.47. The quantitative estimate of drug-likeness (QED) is 0.664. The number of rotatable bonds is 3. The van der Waals surface area contributed by atoms with Gasteiger partial charge >= 0.3 is 6.09 Å². The van der Waals surface area contributed by atoms with E-state index in [1.807, 2.05) is 42.5 Å². The van der Waals surface area contributed by atoms with Crippen LogP contribution in [0.25, 0.3) is 22.0 Å². The van der Waals surface area contributed by atoms with Crippen molar-refractivity contribution in [2.45, 2.75) is 12.6 Å². The molecule has 0 unspecified atom stereocenters. The van der Waals surface area contributed by atoms with Crippen LogP contribution in [0.15, 0.2) is 59.4 Å². The summed E-state index contributed by atoms with van der Waals surface area (Å²) in [5, 5.41) is 5.84. The van der Waals surface area contributed by atoms with Crippen molar-refractivity contribution in [2.75, 3.05) is 26.2 Å². The Morgan fingerprint density at radius 2 is 1.73 bits per heavy atom. The number of fused-ring (bicyclic) bond motifs is 2. The van der Waals surface area contributed by atoms with Crippen molar-refractivity contribution in [2.24, 2.45) is 0 Å². The second kappa shape index (κ2) is 7.29. The van der Waals surface area contributed by atoms with E-state index in [9.17, 15) is 14.4 Å². The summed E-state index contributed by atoms with van der Waals surface area (Å²) in [5.74, 6) is -0.196. The normalized spacial score (nSPS) is 18.4. The Labute approximate surface area is 172 Å². The minimum Gasteiger partial charge on any atom is -0.447 e. The fourth-order valence-electron chi connectivity index (χ4n) is 4.09. The molecule has 5 rings (SSSR count). The number of hydrogen-bond donors (Lipinski definition) is 0. The summed E-state index contributed by atoms with van der Waals surface area (Å²) in [4.78, 5) is 41.0. The number of amides is 2. The van der Waals surface area contributed by atoms with E-state index in [1.165, 1.54) is 4.68 Å². The Hall–Kier alpha value is -3.68. The first-order valence-electron chi connectivity index (χ1n) is 9.88. The average molecular weight is 404 g/mol. The van der Waals surface area contributed by atoms with Crippen LogP contribution >= 0.6 is 0 Å². The van der Waals surface area contributed by atoms with Crippen molar-refractivity contribution in [3.8, 4) is 11.3 Å². The van der Waals surface area contributed by atoms with E-state index in [2.05, 4.69) is 5.10 Å². The Morgan fingerprint density at radius 3 is 2.53 bits per heavy atom. The van der Waals surface area contributed by atoms with E-state index in [-0.39, 0.29) is 36.8 Å². The number of nitrogens with zero attached hydrogens (tertiary/aromatic N) is 4. The Bertz CT molecular complexity index is 1190. The molecule has 2 aliphatic heterocycles. The predicted octanol–water partition coefficient (Wildman–Crippen LogP) is 1.73. The standard InChI is InChI=1S/C22H20N4O4/c27-19(24-10-11-25-16(12-24)14-30-22(25)29)13-26-21(28)18-9-5-4-8-17(18)20(23-26)15-6-2-1-3-7-15/h1-9,16H,10-14H2/t16-/m1/s1. The lowest BCUT2D eigenvalue weighted by Gasteiger charge is -2.35. The van der Waals surface area contributed by atoms with Gasteiger partial charge in [-0.25, -0.2) is 9.48 Å². The molecule has 0 spiro atoms. The van der Waals surface area contributed by atoms with Gasteiger partial charge in [0.15, 0.2) is 0 Å². The Morgan fingerprint density at radius 1 is 1.00 bits per heavy atom. The number of ether oxygens (including phenoxy) is 1. The average Bonchev–Trinajstić information content (AvgIpc) is 3.16. The van der Waals surface area contributed by atoms with Crippen molar-refractivity contribution >= 4 is 22.8 Å². The summed E-state index contributed by atoms with van der Waals surface area (Å²) >= 11 is 0. The van der Waals surface area contributed by atoms with Crippen molar-refractivity contribution in [3.05, 3.63) is 65.0 Å². The van der Waals surface area contributed by atoms with Gasteiger partial charge in [0.05, 0.1) is 17.1 Å². The van der Waals surface area contributed by atoms with Gasteiger partial charge in [0.25, 0.3) is 5.56 Å². The van der Waals surface area contributed by atoms with Crippen LogP contribution < -0.4 is 5.56 Å². The van der Waals surface area contributed by atoms with Gasteiger partial charge in [-0.15, -0.1) is 0 Å². The summed E-state index contributed by atoms with van der Waals surface area (Å²) in [5.41, 5.74) is 1.25. The largest absolute Gasteiger partial charge is 0.447 e. The fourth-order valence-corrected chi connectivity index (χ4v) is 4.09. The molecule has 0 N–H and O–H groups in total. The van der Waals surface area contributed by atoms with E-state index < -0.39 is 0 Å². The molecule has 2 amide bonds. The molecule has 1 atom stereocenters. The van der Waals surface area contributed by atoms with Gasteiger partial charge in [0.2, 0.25) is 5.91 Å². The second-order valence-corrected chi connectivity index (χ2v) is 7.49. The number of cyclic esters (lactones) is 1. The van der Waals surface area contributed by atoms with Crippen molar-refractivity contribution in [3.63, 3.8) is 0 Å². The first-order chi connectivity index (χ1) is 14.6. The maximum Gasteiger partial charge on any atom is 0.410 e. The number of hydrogen-bond acceptors (Lipinski definition) is 5. The minimum absolute atomic E-state index is 0.128. The molecular formula is C22H20N4O4. The second-order valence-electron chi connectivity index (χ2n) is 7.49. The molecule has 3 aromatic rings. The number of carbonyl (C=O) groups excluding carboxylic acids is 2. The number of piperazine rings is 1. The van der Waals surface area contributed by atoms with Gasteiger partial charge in [-0.2, -0.15) is 5.10 Å². The molecular weight excluding hydrogens is 384 g/mol. The molecule has 2 aromatic carbocycles. The van der Waals surface area contributed by atoms with Crippen LogP contribution in [0.1, 0.15) is 0 Å². The first-order valence-corrected chi connectivity index (χ1v) is 9.88. The SMILES string of the molecule is O=C(Cn1nc(-c2ccccc2)c2ccccc2c1=O)N1CCN2C(=O)OC[C@H]2C1. The summed E-state index contributed by atoms with van der Waals surface area (Å²) in [6.07, 6.45) is -0.327. The number of benzene rings is 2. The predicted molar refractivity (Wildman–Crippen MR) is 110 cm³/mol. The molecule has 0 radical (unpaired) electrons. The zero-order valence-corrected chi connectivity index (χ0v) is 16.2. The number of aromatic nitrogens is 2. The topological polar surface area (TPSA) is 84.7 Å². The third-order valence-electron chi connectivity index (χ3n) is 5.67. The fraction of sp³-hybridized carbons (Fsp3) is 0.273. The van der Waals surface area contributed by atoms with E-state index in [0.717, 1.165) is 10.9 Å². The zero-order chi connectivity index (χ0) is 20.7. The molecule has 1 aromatic heterocycles. The third kappa shape index (κ3) is 3.10. The van der Waals surface area contributed by atoms with Gasteiger partial charge in [-0.05, 0) is 6.07 Å². The first kappa shape index (κ1) is 18.4. The zero-order valence-electron chi connectivity index (χ0n) is 16.2. The molecule has 3 heterocycles. The van der Waals surface area contributed by atoms with E-state index >= 15 is 0 Å². The highest BCUT2D eigenvalue weighted by atomic mass is 16.6. The number of carbonyl (C=O) groups is 2. The van der Waals surface area contributed by atoms with Crippen LogP contribution in [0, 0.1) is 0 Å². The highest BCUT2D eigenvalue weighted by molar-refractivity contribution is 5.93. The van der Waals surface area contributed by atoms with Crippen molar-refractivity contribution < 1.29 is 14.3 Å². The highest BCUT2D eigenvalue weighted by Gasteiger charge is 2.38. The maximum atomic E-state index is 13.0. The molecule has 8 nitrogen and oxygen atoms in total. The summed E-state index contributed by atoms with van der Waals surface area (Å²) < 4.78 is 6.31. The molecule has 0 aliphatic carbocycles. The summed E-state index contributed by atoms with van der Waals surface area (Å²) in [6, 6.07) is 16.8. The van der Waals surface area contributed by atoms with Crippen LogP contribution in [0.3, 0.4) is 0 Å². The minimum atomic E-state index is -0.327. The van der Waals surface area contributed by atoms with Crippen LogP contribution in [0.4, 0.5) is 4.79 Å². The van der Waals surface area contributed by atoms with Crippen molar-refractivity contribution in [1.82, 2.24) is 19.6 Å². The molecule has 2 aliphatic rings.